The zero-order valence-electron chi connectivity index (χ0n) is 9.01. The molecule has 0 aromatic heterocycles. The highest BCUT2D eigenvalue weighted by Crippen LogP contribution is 2.24. The van der Waals surface area contributed by atoms with Gasteiger partial charge in [0, 0.05) is 18.4 Å². The first-order valence-corrected chi connectivity index (χ1v) is 5.70. The van der Waals surface area contributed by atoms with E-state index in [1.165, 1.54) is 0 Å². The summed E-state index contributed by atoms with van der Waals surface area (Å²) in [6, 6.07) is 0. The Kier molecular flexibility index (Phi) is 4.71. The molecule has 1 aliphatic rings. The molecule has 1 fully saturated rings. The van der Waals surface area contributed by atoms with Crippen molar-refractivity contribution >= 4 is 5.78 Å². The zero-order chi connectivity index (χ0) is 10.4. The molecule has 0 unspecified atom stereocenters. The van der Waals surface area contributed by atoms with Crippen molar-refractivity contribution in [2.45, 2.75) is 58.3 Å². The Morgan fingerprint density at radius 1 is 1.29 bits per heavy atom. The van der Waals surface area contributed by atoms with E-state index >= 15 is 0 Å². The molecule has 1 rings (SSSR count). The van der Waals surface area contributed by atoms with Crippen LogP contribution in [0.1, 0.15) is 58.3 Å². The van der Waals surface area contributed by atoms with E-state index in [0.29, 0.717) is 24.2 Å². The van der Waals surface area contributed by atoms with Crippen LogP contribution in [-0.2, 0) is 4.79 Å². The van der Waals surface area contributed by atoms with Crippen LogP contribution in [0.15, 0.2) is 11.3 Å². The van der Waals surface area contributed by atoms with Crippen LogP contribution in [0.2, 0.25) is 0 Å². The summed E-state index contributed by atoms with van der Waals surface area (Å²) in [5.41, 5.74) is 0.715. The maximum Gasteiger partial charge on any atom is 0.162 e. The summed E-state index contributed by atoms with van der Waals surface area (Å²) in [6.45, 7) is 2.13. The molecule has 0 aliphatic heterocycles. The minimum absolute atomic E-state index is 0.172. The van der Waals surface area contributed by atoms with Gasteiger partial charge in [-0.1, -0.05) is 19.8 Å². The lowest BCUT2D eigenvalue weighted by atomic mass is 9.91. The molecule has 14 heavy (non-hydrogen) atoms. The Hall–Kier alpha value is -0.790. The van der Waals surface area contributed by atoms with Gasteiger partial charge in [0.1, 0.15) is 0 Å². The minimum Gasteiger partial charge on any atom is -0.512 e. The second-order valence-corrected chi connectivity index (χ2v) is 4.01. The number of hydrogen-bond acceptors (Lipinski definition) is 2. The van der Waals surface area contributed by atoms with Gasteiger partial charge in [-0.25, -0.2) is 0 Å². The smallest absolute Gasteiger partial charge is 0.162 e. The first-order chi connectivity index (χ1) is 6.75. The Labute approximate surface area is 86.0 Å². The average molecular weight is 196 g/mol. The maximum atomic E-state index is 11.5. The van der Waals surface area contributed by atoms with E-state index in [-0.39, 0.29) is 5.78 Å². The number of aliphatic hydroxyl groups is 1. The Bertz CT molecular complexity index is 228. The first kappa shape index (κ1) is 11.3. The largest absolute Gasteiger partial charge is 0.512 e. The Morgan fingerprint density at radius 3 is 2.64 bits per heavy atom. The van der Waals surface area contributed by atoms with E-state index < -0.39 is 0 Å². The Morgan fingerprint density at radius 2 is 2.00 bits per heavy atom. The van der Waals surface area contributed by atoms with E-state index in [1.807, 2.05) is 0 Å². The molecule has 80 valence electrons. The fourth-order valence-corrected chi connectivity index (χ4v) is 1.88. The van der Waals surface area contributed by atoms with Gasteiger partial charge >= 0.3 is 0 Å². The molecule has 0 heterocycles. The summed E-state index contributed by atoms with van der Waals surface area (Å²) in [7, 11) is 0. The second-order valence-electron chi connectivity index (χ2n) is 4.01. The number of aliphatic hydroxyl groups excluding tert-OH is 1. The summed E-state index contributed by atoms with van der Waals surface area (Å²) in [6.07, 6.45) is 7.43. The highest BCUT2D eigenvalue weighted by atomic mass is 16.3. The minimum atomic E-state index is 0.172. The molecule has 1 aliphatic carbocycles. The molecule has 1 saturated carbocycles. The summed E-state index contributed by atoms with van der Waals surface area (Å²) in [4.78, 5) is 11.5. The number of rotatable bonds is 4. The number of Topliss-reactive ketones (excluding diaryl/α,β-unsaturated/α-hetero) is 1. The number of allylic oxidation sites excluding steroid dienone is 2. The van der Waals surface area contributed by atoms with Crippen molar-refractivity contribution in [3.05, 3.63) is 11.3 Å². The van der Waals surface area contributed by atoms with Crippen LogP contribution >= 0.6 is 0 Å². The van der Waals surface area contributed by atoms with Crippen molar-refractivity contribution in [2.24, 2.45) is 0 Å². The van der Waals surface area contributed by atoms with Crippen molar-refractivity contribution in [2.75, 3.05) is 0 Å². The van der Waals surface area contributed by atoms with Crippen LogP contribution in [0.25, 0.3) is 0 Å². The molecule has 0 amide bonds. The van der Waals surface area contributed by atoms with Gasteiger partial charge in [0.05, 0.1) is 5.76 Å². The van der Waals surface area contributed by atoms with Crippen molar-refractivity contribution in [1.29, 1.82) is 0 Å². The van der Waals surface area contributed by atoms with E-state index in [4.69, 9.17) is 0 Å². The molecule has 0 spiro atoms. The molecule has 0 radical (unpaired) electrons. The fourth-order valence-electron chi connectivity index (χ4n) is 1.88. The fraction of sp³-hybridized carbons (Fsp3) is 0.750. The SMILES string of the molecule is CCCCCC(O)=C1CCCCC1=O. The molecule has 2 heteroatoms. The summed E-state index contributed by atoms with van der Waals surface area (Å²) >= 11 is 0. The van der Waals surface area contributed by atoms with Crippen LogP contribution in [0, 0.1) is 0 Å². The molecule has 0 atom stereocenters. The lowest BCUT2D eigenvalue weighted by Gasteiger charge is -2.14. The van der Waals surface area contributed by atoms with Crippen LogP contribution in [-0.4, -0.2) is 10.9 Å². The molecule has 0 saturated heterocycles. The van der Waals surface area contributed by atoms with Crippen molar-refractivity contribution < 1.29 is 9.90 Å². The van der Waals surface area contributed by atoms with Gasteiger partial charge in [0.25, 0.3) is 0 Å². The number of unbranched alkanes of at least 4 members (excludes halogenated alkanes) is 2. The third-order valence-electron chi connectivity index (χ3n) is 2.78. The second kappa shape index (κ2) is 5.84. The van der Waals surface area contributed by atoms with E-state index in [9.17, 15) is 9.90 Å². The van der Waals surface area contributed by atoms with Crippen LogP contribution < -0.4 is 0 Å². The van der Waals surface area contributed by atoms with Crippen molar-refractivity contribution in [1.82, 2.24) is 0 Å². The molecule has 2 nitrogen and oxygen atoms in total. The highest BCUT2D eigenvalue weighted by molar-refractivity contribution is 5.96. The highest BCUT2D eigenvalue weighted by Gasteiger charge is 2.18. The molecule has 0 aromatic carbocycles. The molecule has 1 N–H and O–H groups in total. The number of carbonyl (C=O) groups excluding carboxylic acids is 1. The monoisotopic (exact) mass is 196 g/mol. The molecule has 0 aromatic rings. The van der Waals surface area contributed by atoms with Crippen molar-refractivity contribution in [3.63, 3.8) is 0 Å². The van der Waals surface area contributed by atoms with Crippen LogP contribution in [0.5, 0.6) is 0 Å². The predicted molar refractivity (Wildman–Crippen MR) is 57.3 cm³/mol. The summed E-state index contributed by atoms with van der Waals surface area (Å²) in [5.74, 6) is 0.536. The van der Waals surface area contributed by atoms with E-state index in [2.05, 4.69) is 6.92 Å². The molecular formula is C12H20O2. The number of carbonyl (C=O) groups is 1. The predicted octanol–water partition coefficient (Wildman–Crippen LogP) is 3.52. The van der Waals surface area contributed by atoms with Crippen molar-refractivity contribution in [3.8, 4) is 0 Å². The van der Waals surface area contributed by atoms with Gasteiger partial charge in [-0.05, 0) is 25.7 Å². The quantitative estimate of drug-likeness (QED) is 0.424. The van der Waals surface area contributed by atoms with Crippen LogP contribution in [0.3, 0.4) is 0 Å². The number of ketones is 1. The summed E-state index contributed by atoms with van der Waals surface area (Å²) < 4.78 is 0. The van der Waals surface area contributed by atoms with Gasteiger partial charge in [0.15, 0.2) is 5.78 Å². The third kappa shape index (κ3) is 3.17. The Balaban J connectivity index is 2.47. The van der Waals surface area contributed by atoms with E-state index in [1.54, 1.807) is 0 Å². The standard InChI is InChI=1S/C12H20O2/c1-2-3-4-8-11(13)10-7-5-6-9-12(10)14/h13H,2-9H2,1H3. The van der Waals surface area contributed by atoms with Crippen LogP contribution in [0.4, 0.5) is 0 Å². The maximum absolute atomic E-state index is 11.5. The van der Waals surface area contributed by atoms with Gasteiger partial charge in [-0.3, -0.25) is 4.79 Å². The van der Waals surface area contributed by atoms with Gasteiger partial charge in [-0.2, -0.15) is 0 Å². The average Bonchev–Trinajstić information content (AvgIpc) is 2.18. The normalized spacial score (nSPS) is 21.1. The topological polar surface area (TPSA) is 37.3 Å². The molecular weight excluding hydrogens is 176 g/mol. The lowest BCUT2D eigenvalue weighted by Crippen LogP contribution is -2.11. The zero-order valence-corrected chi connectivity index (χ0v) is 9.01. The summed E-state index contributed by atoms with van der Waals surface area (Å²) in [5, 5.41) is 9.73. The van der Waals surface area contributed by atoms with Gasteiger partial charge in [-0.15, -0.1) is 0 Å². The lowest BCUT2D eigenvalue weighted by molar-refractivity contribution is -0.116. The third-order valence-corrected chi connectivity index (χ3v) is 2.78. The first-order valence-electron chi connectivity index (χ1n) is 5.70. The number of hydrogen-bond donors (Lipinski definition) is 1. The van der Waals surface area contributed by atoms with Gasteiger partial charge < -0.3 is 5.11 Å². The van der Waals surface area contributed by atoms with Gasteiger partial charge in [0.2, 0.25) is 0 Å². The molecule has 0 bridgehead atoms. The van der Waals surface area contributed by atoms with E-state index in [0.717, 1.165) is 38.5 Å².